The average molecular weight is 422 g/mol. The van der Waals surface area contributed by atoms with Crippen LogP contribution >= 0.6 is 11.6 Å². The molecule has 0 bridgehead atoms. The highest BCUT2D eigenvalue weighted by Gasteiger charge is 2.20. The molecule has 0 aromatic heterocycles. The lowest BCUT2D eigenvalue weighted by atomic mass is 9.98. The van der Waals surface area contributed by atoms with E-state index < -0.39 is 18.5 Å². The first kappa shape index (κ1) is 21.3. The van der Waals surface area contributed by atoms with Crippen molar-refractivity contribution in [2.24, 2.45) is 0 Å². The summed E-state index contributed by atoms with van der Waals surface area (Å²) in [5.41, 5.74) is 1.68. The van der Waals surface area contributed by atoms with Crippen LogP contribution in [-0.4, -0.2) is 24.3 Å². The maximum Gasteiger partial charge on any atom is 0.339 e. The van der Waals surface area contributed by atoms with Gasteiger partial charge in [0.2, 0.25) is 0 Å². The Kier molecular flexibility index (Phi) is 6.99. The van der Waals surface area contributed by atoms with Crippen molar-refractivity contribution < 1.29 is 19.1 Å². The Morgan fingerprint density at radius 2 is 1.47 bits per heavy atom. The van der Waals surface area contributed by atoms with Crippen molar-refractivity contribution >= 4 is 29.3 Å². The third-order valence-electron chi connectivity index (χ3n) is 4.51. The molecule has 0 radical (unpaired) electrons. The van der Waals surface area contributed by atoms with Crippen molar-refractivity contribution in [2.45, 2.75) is 13.0 Å². The standard InChI is InChI=1S/C24H20ClNO4/c1-16(17-11-13-19(25)14-12-17)26-22(27)15-30-24(29)21-10-6-5-9-20(21)23(28)18-7-3-2-4-8-18/h2-14,16H,15H2,1H3,(H,26,27)/t16-/m0/s1. The van der Waals surface area contributed by atoms with Crippen molar-refractivity contribution in [1.82, 2.24) is 5.32 Å². The number of amides is 1. The minimum atomic E-state index is -0.732. The van der Waals surface area contributed by atoms with Crippen molar-refractivity contribution in [1.29, 1.82) is 0 Å². The second kappa shape index (κ2) is 9.85. The summed E-state index contributed by atoms with van der Waals surface area (Å²) in [4.78, 5) is 37.5. The molecule has 0 heterocycles. The summed E-state index contributed by atoms with van der Waals surface area (Å²) in [5, 5.41) is 3.37. The van der Waals surface area contributed by atoms with Gasteiger partial charge < -0.3 is 10.1 Å². The molecule has 6 heteroatoms. The van der Waals surface area contributed by atoms with E-state index in [1.165, 1.54) is 6.07 Å². The predicted molar refractivity (Wildman–Crippen MR) is 115 cm³/mol. The van der Waals surface area contributed by atoms with E-state index in [2.05, 4.69) is 5.32 Å². The molecule has 30 heavy (non-hydrogen) atoms. The Morgan fingerprint density at radius 1 is 0.867 bits per heavy atom. The molecule has 0 spiro atoms. The van der Waals surface area contributed by atoms with Crippen LogP contribution in [0.25, 0.3) is 0 Å². The van der Waals surface area contributed by atoms with Crippen LogP contribution in [0.5, 0.6) is 0 Å². The largest absolute Gasteiger partial charge is 0.452 e. The molecule has 1 N–H and O–H groups in total. The Balaban J connectivity index is 1.63. The number of nitrogens with one attached hydrogen (secondary N) is 1. The van der Waals surface area contributed by atoms with Crippen molar-refractivity contribution in [2.75, 3.05) is 6.61 Å². The number of halogens is 1. The first-order valence-corrected chi connectivity index (χ1v) is 9.74. The van der Waals surface area contributed by atoms with Gasteiger partial charge in [-0.25, -0.2) is 4.79 Å². The van der Waals surface area contributed by atoms with Crippen molar-refractivity contribution in [3.05, 3.63) is 106 Å². The molecule has 3 aromatic rings. The van der Waals surface area contributed by atoms with Crippen LogP contribution in [0.4, 0.5) is 0 Å². The maximum absolute atomic E-state index is 12.7. The Hall–Kier alpha value is -3.44. The van der Waals surface area contributed by atoms with E-state index in [9.17, 15) is 14.4 Å². The summed E-state index contributed by atoms with van der Waals surface area (Å²) in [7, 11) is 0. The molecule has 3 aromatic carbocycles. The van der Waals surface area contributed by atoms with Gasteiger partial charge in [0.25, 0.3) is 5.91 Å². The average Bonchev–Trinajstić information content (AvgIpc) is 2.78. The first-order valence-electron chi connectivity index (χ1n) is 9.36. The van der Waals surface area contributed by atoms with Crippen molar-refractivity contribution in [3.8, 4) is 0 Å². The van der Waals surface area contributed by atoms with Crippen LogP contribution in [0, 0.1) is 0 Å². The SMILES string of the molecule is C[C@H](NC(=O)COC(=O)c1ccccc1C(=O)c1ccccc1)c1ccc(Cl)cc1. The quantitative estimate of drug-likeness (QED) is 0.447. The van der Waals surface area contributed by atoms with Gasteiger partial charge in [-0.15, -0.1) is 0 Å². The molecule has 0 aliphatic rings. The zero-order chi connectivity index (χ0) is 21.5. The highest BCUT2D eigenvalue weighted by atomic mass is 35.5. The molecule has 1 atom stereocenters. The Labute approximate surface area is 179 Å². The minimum Gasteiger partial charge on any atom is -0.452 e. The number of benzene rings is 3. The van der Waals surface area contributed by atoms with E-state index in [1.807, 2.05) is 19.1 Å². The van der Waals surface area contributed by atoms with Gasteiger partial charge >= 0.3 is 5.97 Å². The van der Waals surface area contributed by atoms with Crippen LogP contribution in [0.15, 0.2) is 78.9 Å². The number of rotatable bonds is 7. The third kappa shape index (κ3) is 5.33. The summed E-state index contributed by atoms with van der Waals surface area (Å²) in [5.74, 6) is -1.47. The molecule has 0 fully saturated rings. The van der Waals surface area contributed by atoms with Gasteiger partial charge in [0, 0.05) is 16.1 Å². The summed E-state index contributed by atoms with van der Waals surface area (Å²) in [6.45, 7) is 1.36. The third-order valence-corrected chi connectivity index (χ3v) is 4.76. The van der Waals surface area contributed by atoms with E-state index in [0.717, 1.165) is 5.56 Å². The number of hydrogen-bond donors (Lipinski definition) is 1. The fraction of sp³-hybridized carbons (Fsp3) is 0.125. The molecular weight excluding hydrogens is 402 g/mol. The minimum absolute atomic E-state index is 0.116. The van der Waals surface area contributed by atoms with Gasteiger partial charge in [0.1, 0.15) is 0 Å². The van der Waals surface area contributed by atoms with Crippen LogP contribution in [-0.2, 0) is 9.53 Å². The van der Waals surface area contributed by atoms with Gasteiger partial charge in [-0.1, -0.05) is 72.3 Å². The lowest BCUT2D eigenvalue weighted by Gasteiger charge is -2.15. The van der Waals surface area contributed by atoms with Crippen LogP contribution < -0.4 is 5.32 Å². The molecule has 0 aliphatic heterocycles. The first-order chi connectivity index (χ1) is 14.5. The molecule has 0 saturated carbocycles. The van der Waals surface area contributed by atoms with Gasteiger partial charge in [-0.2, -0.15) is 0 Å². The number of esters is 1. The summed E-state index contributed by atoms with van der Waals surface area (Å²) < 4.78 is 5.15. The zero-order valence-corrected chi connectivity index (χ0v) is 17.1. The number of ether oxygens (including phenoxy) is 1. The lowest BCUT2D eigenvalue weighted by Crippen LogP contribution is -2.31. The number of ketones is 1. The number of carbonyl (C=O) groups excluding carboxylic acids is 3. The number of carbonyl (C=O) groups is 3. The van der Waals surface area contributed by atoms with E-state index in [-0.39, 0.29) is 23.0 Å². The Bertz CT molecular complexity index is 1050. The second-order valence-electron chi connectivity index (χ2n) is 6.66. The zero-order valence-electron chi connectivity index (χ0n) is 16.3. The summed E-state index contributed by atoms with van der Waals surface area (Å²) >= 11 is 5.87. The van der Waals surface area contributed by atoms with Crippen LogP contribution in [0.1, 0.15) is 44.8 Å². The predicted octanol–water partition coefficient (Wildman–Crippen LogP) is 4.61. The summed E-state index contributed by atoms with van der Waals surface area (Å²) in [6.07, 6.45) is 0. The monoisotopic (exact) mass is 421 g/mol. The molecule has 5 nitrogen and oxygen atoms in total. The maximum atomic E-state index is 12.7. The van der Waals surface area contributed by atoms with Crippen LogP contribution in [0.2, 0.25) is 5.02 Å². The molecular formula is C24H20ClNO4. The summed E-state index contributed by atoms with van der Waals surface area (Å²) in [6, 6.07) is 21.9. The van der Waals surface area contributed by atoms with E-state index in [1.54, 1.807) is 60.7 Å². The molecule has 0 saturated heterocycles. The highest BCUT2D eigenvalue weighted by Crippen LogP contribution is 2.17. The van der Waals surface area contributed by atoms with Gasteiger partial charge in [-0.05, 0) is 30.7 Å². The van der Waals surface area contributed by atoms with E-state index >= 15 is 0 Å². The van der Waals surface area contributed by atoms with Crippen LogP contribution in [0.3, 0.4) is 0 Å². The van der Waals surface area contributed by atoms with Gasteiger partial charge in [-0.3, -0.25) is 9.59 Å². The highest BCUT2D eigenvalue weighted by molar-refractivity contribution is 6.30. The molecule has 152 valence electrons. The fourth-order valence-electron chi connectivity index (χ4n) is 2.93. The van der Waals surface area contributed by atoms with Gasteiger partial charge in [0.15, 0.2) is 12.4 Å². The van der Waals surface area contributed by atoms with E-state index in [4.69, 9.17) is 16.3 Å². The van der Waals surface area contributed by atoms with Gasteiger partial charge in [0.05, 0.1) is 11.6 Å². The second-order valence-corrected chi connectivity index (χ2v) is 7.09. The topological polar surface area (TPSA) is 72.5 Å². The molecule has 0 aliphatic carbocycles. The van der Waals surface area contributed by atoms with Crippen molar-refractivity contribution in [3.63, 3.8) is 0 Å². The van der Waals surface area contributed by atoms with E-state index in [0.29, 0.717) is 10.6 Å². The molecule has 1 amide bonds. The fourth-order valence-corrected chi connectivity index (χ4v) is 3.06. The molecule has 0 unspecified atom stereocenters. The smallest absolute Gasteiger partial charge is 0.339 e. The lowest BCUT2D eigenvalue weighted by molar-refractivity contribution is -0.124. The molecule has 3 rings (SSSR count). The Morgan fingerprint density at radius 3 is 2.13 bits per heavy atom. The normalized spacial score (nSPS) is 11.4. The number of hydrogen-bond acceptors (Lipinski definition) is 4.